The Balaban J connectivity index is 2.21. The summed E-state index contributed by atoms with van der Waals surface area (Å²) < 4.78 is 12.5. The van der Waals surface area contributed by atoms with Crippen LogP contribution in [-0.4, -0.2) is 33.8 Å². The molecule has 0 amide bonds. The number of nitrogens with two attached hydrogens (primary N) is 1. The molecule has 7 heteroatoms. The van der Waals surface area contributed by atoms with Crippen LogP contribution in [0.4, 0.5) is 5.95 Å². The van der Waals surface area contributed by atoms with Gasteiger partial charge in [0, 0.05) is 12.1 Å². The molecule has 106 valence electrons. The number of nitrogen functional groups attached to an aromatic ring is 1. The lowest BCUT2D eigenvalue weighted by molar-refractivity contribution is -0.140. The van der Waals surface area contributed by atoms with Gasteiger partial charge in [0.25, 0.3) is 0 Å². The number of rotatable bonds is 3. The van der Waals surface area contributed by atoms with Crippen molar-refractivity contribution in [3.8, 4) is 11.5 Å². The van der Waals surface area contributed by atoms with Crippen molar-refractivity contribution in [2.45, 2.75) is 19.4 Å². The molecule has 1 aliphatic heterocycles. The fourth-order valence-corrected chi connectivity index (χ4v) is 2.45. The maximum atomic E-state index is 11.4. The Labute approximate surface area is 114 Å². The molecule has 0 fully saturated rings. The van der Waals surface area contributed by atoms with E-state index in [1.54, 1.807) is 19.1 Å². The molecule has 7 nitrogen and oxygen atoms in total. The Hall–Kier alpha value is -2.44. The average molecular weight is 277 g/mol. The molecular formula is C13H15N3O4. The Kier molecular flexibility index (Phi) is 2.89. The fourth-order valence-electron chi connectivity index (χ4n) is 2.45. The van der Waals surface area contributed by atoms with Gasteiger partial charge in [0.05, 0.1) is 11.0 Å². The van der Waals surface area contributed by atoms with Gasteiger partial charge in [-0.05, 0) is 6.42 Å². The number of benzene rings is 1. The number of imidazole rings is 1. The topological polar surface area (TPSA) is 99.6 Å². The van der Waals surface area contributed by atoms with E-state index in [1.165, 1.54) is 4.57 Å². The minimum absolute atomic E-state index is 0.177. The van der Waals surface area contributed by atoms with Gasteiger partial charge in [-0.2, -0.15) is 0 Å². The van der Waals surface area contributed by atoms with Crippen molar-refractivity contribution in [3.05, 3.63) is 12.1 Å². The summed E-state index contributed by atoms with van der Waals surface area (Å²) in [5.41, 5.74) is 7.12. The molecular weight excluding hydrogens is 262 g/mol. The van der Waals surface area contributed by atoms with Crippen LogP contribution in [0.15, 0.2) is 12.1 Å². The van der Waals surface area contributed by atoms with Gasteiger partial charge in [0.2, 0.25) is 5.95 Å². The molecule has 2 heterocycles. The van der Waals surface area contributed by atoms with Crippen LogP contribution in [0.1, 0.15) is 19.4 Å². The smallest absolute Gasteiger partial charge is 0.326 e. The number of hydrogen-bond donors (Lipinski definition) is 2. The van der Waals surface area contributed by atoms with Crippen molar-refractivity contribution in [1.82, 2.24) is 9.55 Å². The van der Waals surface area contributed by atoms with Crippen LogP contribution in [-0.2, 0) is 4.79 Å². The summed E-state index contributed by atoms with van der Waals surface area (Å²) in [6.07, 6.45) is 0.416. The molecule has 1 aliphatic rings. The minimum atomic E-state index is -0.937. The third kappa shape index (κ3) is 1.82. The van der Waals surface area contributed by atoms with E-state index in [2.05, 4.69) is 4.98 Å². The van der Waals surface area contributed by atoms with Gasteiger partial charge in [-0.3, -0.25) is 4.57 Å². The van der Waals surface area contributed by atoms with E-state index in [0.29, 0.717) is 42.2 Å². The monoisotopic (exact) mass is 277 g/mol. The molecule has 0 bridgehead atoms. The first-order valence-electron chi connectivity index (χ1n) is 6.41. The normalized spacial score (nSPS) is 15.2. The van der Waals surface area contributed by atoms with E-state index >= 15 is 0 Å². The molecule has 1 aromatic heterocycles. The molecule has 2 aromatic rings. The third-order valence-corrected chi connectivity index (χ3v) is 3.36. The van der Waals surface area contributed by atoms with E-state index in [1.807, 2.05) is 0 Å². The molecule has 3 rings (SSSR count). The van der Waals surface area contributed by atoms with E-state index in [4.69, 9.17) is 15.2 Å². The predicted octanol–water partition coefficient (Wildman–Crippen LogP) is 1.43. The number of hydrogen-bond acceptors (Lipinski definition) is 5. The predicted molar refractivity (Wildman–Crippen MR) is 72.1 cm³/mol. The molecule has 0 radical (unpaired) electrons. The van der Waals surface area contributed by atoms with Crippen LogP contribution in [0.5, 0.6) is 11.5 Å². The van der Waals surface area contributed by atoms with Crippen molar-refractivity contribution in [2.24, 2.45) is 0 Å². The number of aliphatic carboxylic acids is 1. The fraction of sp³-hybridized carbons (Fsp3) is 0.385. The van der Waals surface area contributed by atoms with Gasteiger partial charge in [0.15, 0.2) is 11.5 Å². The Morgan fingerprint density at radius 3 is 2.70 bits per heavy atom. The molecule has 1 atom stereocenters. The average Bonchev–Trinajstić information content (AvgIpc) is 2.73. The number of carboxylic acids is 1. The number of nitrogens with zero attached hydrogens (tertiary/aromatic N) is 2. The number of aromatic nitrogens is 2. The molecule has 3 N–H and O–H groups in total. The van der Waals surface area contributed by atoms with Gasteiger partial charge in [-0.25, -0.2) is 9.78 Å². The van der Waals surface area contributed by atoms with Gasteiger partial charge >= 0.3 is 5.97 Å². The summed E-state index contributed by atoms with van der Waals surface area (Å²) in [4.78, 5) is 15.6. The van der Waals surface area contributed by atoms with Crippen LogP contribution in [0, 0.1) is 0 Å². The lowest BCUT2D eigenvalue weighted by Gasteiger charge is -2.19. The van der Waals surface area contributed by atoms with Gasteiger partial charge < -0.3 is 20.3 Å². The highest BCUT2D eigenvalue weighted by atomic mass is 16.6. The van der Waals surface area contributed by atoms with Gasteiger partial charge in [-0.1, -0.05) is 6.92 Å². The number of fused-ring (bicyclic) bond motifs is 2. The first-order valence-corrected chi connectivity index (χ1v) is 6.41. The summed E-state index contributed by atoms with van der Waals surface area (Å²) in [6.45, 7) is 2.75. The largest absolute Gasteiger partial charge is 0.486 e. The summed E-state index contributed by atoms with van der Waals surface area (Å²) in [7, 11) is 0. The number of ether oxygens (including phenoxy) is 2. The molecule has 1 unspecified atom stereocenters. The standard InChI is InChI=1S/C13H15N3O4/c1-2-8(12(17)18)16-9-6-11-10(19-3-4-20-11)5-7(9)15-13(16)14/h5-6,8H,2-4H2,1H3,(H2,14,15)(H,17,18). The van der Waals surface area contributed by atoms with Gasteiger partial charge in [-0.15, -0.1) is 0 Å². The second-order valence-electron chi connectivity index (χ2n) is 4.59. The van der Waals surface area contributed by atoms with Crippen LogP contribution in [0.3, 0.4) is 0 Å². The summed E-state index contributed by atoms with van der Waals surface area (Å²) >= 11 is 0. The van der Waals surface area contributed by atoms with Crippen LogP contribution in [0.2, 0.25) is 0 Å². The van der Waals surface area contributed by atoms with E-state index < -0.39 is 12.0 Å². The Morgan fingerprint density at radius 1 is 1.45 bits per heavy atom. The summed E-state index contributed by atoms with van der Waals surface area (Å²) in [5, 5.41) is 9.31. The maximum absolute atomic E-state index is 11.4. The van der Waals surface area contributed by atoms with Gasteiger partial charge in [0.1, 0.15) is 19.3 Å². The van der Waals surface area contributed by atoms with Crippen molar-refractivity contribution >= 4 is 23.0 Å². The van der Waals surface area contributed by atoms with Crippen molar-refractivity contribution in [1.29, 1.82) is 0 Å². The molecule has 0 saturated heterocycles. The number of carbonyl (C=O) groups is 1. The first-order chi connectivity index (χ1) is 9.61. The quantitative estimate of drug-likeness (QED) is 0.880. The van der Waals surface area contributed by atoms with Crippen LogP contribution < -0.4 is 15.2 Å². The van der Waals surface area contributed by atoms with E-state index in [0.717, 1.165) is 0 Å². The number of anilines is 1. The summed E-state index contributed by atoms with van der Waals surface area (Å²) in [5.74, 6) is 0.437. The lowest BCUT2D eigenvalue weighted by atomic mass is 10.2. The lowest BCUT2D eigenvalue weighted by Crippen LogP contribution is -2.20. The zero-order chi connectivity index (χ0) is 14.3. The molecule has 20 heavy (non-hydrogen) atoms. The van der Waals surface area contributed by atoms with Crippen molar-refractivity contribution in [2.75, 3.05) is 18.9 Å². The minimum Gasteiger partial charge on any atom is -0.486 e. The highest BCUT2D eigenvalue weighted by Gasteiger charge is 2.24. The van der Waals surface area contributed by atoms with Crippen LogP contribution in [0.25, 0.3) is 11.0 Å². The molecule has 1 aromatic carbocycles. The zero-order valence-corrected chi connectivity index (χ0v) is 11.0. The Bertz CT molecular complexity index is 680. The SMILES string of the molecule is CCC(C(=O)O)n1c(N)nc2cc3c(cc21)OCCO3. The summed E-state index contributed by atoms with van der Waals surface area (Å²) in [6, 6.07) is 2.71. The molecule has 0 spiro atoms. The maximum Gasteiger partial charge on any atom is 0.326 e. The highest BCUT2D eigenvalue weighted by molar-refractivity contribution is 5.85. The third-order valence-electron chi connectivity index (χ3n) is 3.36. The van der Waals surface area contributed by atoms with E-state index in [9.17, 15) is 9.90 Å². The second-order valence-corrected chi connectivity index (χ2v) is 4.59. The molecule has 0 aliphatic carbocycles. The first kappa shape index (κ1) is 12.6. The molecule has 0 saturated carbocycles. The van der Waals surface area contributed by atoms with E-state index in [-0.39, 0.29) is 5.95 Å². The van der Waals surface area contributed by atoms with Crippen molar-refractivity contribution < 1.29 is 19.4 Å². The highest BCUT2D eigenvalue weighted by Crippen LogP contribution is 2.36. The van der Waals surface area contributed by atoms with Crippen molar-refractivity contribution in [3.63, 3.8) is 0 Å². The second kappa shape index (κ2) is 4.59. The number of carboxylic acid groups (broad SMARTS) is 1. The van der Waals surface area contributed by atoms with Crippen LogP contribution >= 0.6 is 0 Å². The Morgan fingerprint density at radius 2 is 2.10 bits per heavy atom. The zero-order valence-electron chi connectivity index (χ0n) is 11.0.